The molecule has 0 aliphatic heterocycles. The Labute approximate surface area is 348 Å². The fraction of sp³-hybridized carbons (Fsp3) is 0.543. The van der Waals surface area contributed by atoms with Crippen LogP contribution in [0.15, 0.2) is 109 Å². The fourth-order valence-electron chi connectivity index (χ4n) is 4.74. The molecule has 0 saturated carbocycles. The van der Waals surface area contributed by atoms with Gasteiger partial charge in [-0.25, -0.2) is 4.57 Å². The van der Waals surface area contributed by atoms with Gasteiger partial charge in [-0.1, -0.05) is 136 Å². The molecule has 0 spiro atoms. The van der Waals surface area contributed by atoms with Crippen molar-refractivity contribution in [2.75, 3.05) is 19.8 Å². The molecule has 58 heavy (non-hydrogen) atoms. The Hall–Kier alpha value is -3.86. The number of phosphoric ester groups is 1. The van der Waals surface area contributed by atoms with Gasteiger partial charge in [0.05, 0.1) is 13.2 Å². The zero-order valence-electron chi connectivity index (χ0n) is 35.1. The molecular formula is C46H72NO10P. The molecule has 0 aromatic heterocycles. The number of carboxylic acid groups (broad SMARTS) is 1. The summed E-state index contributed by atoms with van der Waals surface area (Å²) in [5.74, 6) is -2.51. The summed E-state index contributed by atoms with van der Waals surface area (Å²) >= 11 is 0. The number of carbonyl (C=O) groups is 3. The quantitative estimate of drug-likeness (QED) is 0.0235. The number of hydrogen-bond donors (Lipinski definition) is 3. The van der Waals surface area contributed by atoms with E-state index in [0.717, 1.165) is 77.0 Å². The second-order valence-corrected chi connectivity index (χ2v) is 14.8. The molecule has 0 amide bonds. The largest absolute Gasteiger partial charge is 0.480 e. The van der Waals surface area contributed by atoms with Crippen LogP contribution in [0.5, 0.6) is 0 Å². The van der Waals surface area contributed by atoms with Crippen LogP contribution in [0.3, 0.4) is 0 Å². The Balaban J connectivity index is 4.57. The van der Waals surface area contributed by atoms with E-state index in [1.165, 1.54) is 6.42 Å². The van der Waals surface area contributed by atoms with E-state index in [-0.39, 0.29) is 12.8 Å². The lowest BCUT2D eigenvalue weighted by molar-refractivity contribution is -0.161. The first-order chi connectivity index (χ1) is 28.1. The lowest BCUT2D eigenvalue weighted by Crippen LogP contribution is -2.34. The van der Waals surface area contributed by atoms with Gasteiger partial charge in [-0.15, -0.1) is 0 Å². The van der Waals surface area contributed by atoms with Crippen LogP contribution in [0.2, 0.25) is 0 Å². The number of carboxylic acids is 1. The lowest BCUT2D eigenvalue weighted by atomic mass is 10.1. The maximum atomic E-state index is 12.6. The zero-order chi connectivity index (χ0) is 42.8. The van der Waals surface area contributed by atoms with Gasteiger partial charge < -0.3 is 25.2 Å². The molecule has 0 aromatic carbocycles. The summed E-state index contributed by atoms with van der Waals surface area (Å²) in [6.07, 6.45) is 51.6. The molecule has 0 aliphatic carbocycles. The normalized spacial score (nSPS) is 14.8. The van der Waals surface area contributed by atoms with E-state index >= 15 is 0 Å². The Bertz CT molecular complexity index is 1390. The second-order valence-electron chi connectivity index (χ2n) is 13.4. The number of ether oxygens (including phenoxy) is 2. The van der Waals surface area contributed by atoms with Crippen LogP contribution in [-0.4, -0.2) is 59.9 Å². The molecule has 3 atom stereocenters. The maximum Gasteiger partial charge on any atom is 0.472 e. The molecule has 1 unspecified atom stereocenters. The molecule has 0 aliphatic rings. The molecule has 0 saturated heterocycles. The molecule has 0 rings (SSSR count). The number of aliphatic carboxylic acids is 1. The minimum Gasteiger partial charge on any atom is -0.480 e. The minimum absolute atomic E-state index is 0.0683. The predicted octanol–water partition coefficient (Wildman–Crippen LogP) is 11.1. The highest BCUT2D eigenvalue weighted by Gasteiger charge is 2.28. The summed E-state index contributed by atoms with van der Waals surface area (Å²) in [6, 6.07) is -1.54. The third-order valence-electron chi connectivity index (χ3n) is 7.99. The Kier molecular flexibility index (Phi) is 37.3. The van der Waals surface area contributed by atoms with E-state index in [4.69, 9.17) is 24.8 Å². The van der Waals surface area contributed by atoms with Crippen molar-refractivity contribution in [3.05, 3.63) is 109 Å². The van der Waals surface area contributed by atoms with Gasteiger partial charge in [0.1, 0.15) is 12.6 Å². The number of hydrogen-bond acceptors (Lipinski definition) is 9. The maximum absolute atomic E-state index is 12.6. The van der Waals surface area contributed by atoms with Gasteiger partial charge in [-0.2, -0.15) is 0 Å². The number of esters is 2. The van der Waals surface area contributed by atoms with Gasteiger partial charge in [0.15, 0.2) is 6.10 Å². The molecule has 0 radical (unpaired) electrons. The van der Waals surface area contributed by atoms with E-state index in [1.807, 2.05) is 12.2 Å². The Morgan fingerprint density at radius 3 is 1.47 bits per heavy atom. The van der Waals surface area contributed by atoms with Gasteiger partial charge >= 0.3 is 25.7 Å². The summed E-state index contributed by atoms with van der Waals surface area (Å²) in [5.41, 5.74) is 5.32. The molecule has 4 N–H and O–H groups in total. The SMILES string of the molecule is CC/C=C/C/C=C/C/C=C/C/C=C/C/C=C/CCCC(=O)O[C@H](COC(=O)CCCCC/C=C/C/C=C/C/C=C/C/C=C/CCC)COP(=O)(O)OC[C@H](N)C(=O)O. The van der Waals surface area contributed by atoms with Crippen LogP contribution >= 0.6 is 7.82 Å². The van der Waals surface area contributed by atoms with Crippen molar-refractivity contribution < 1.29 is 47.5 Å². The summed E-state index contributed by atoms with van der Waals surface area (Å²) < 4.78 is 32.6. The van der Waals surface area contributed by atoms with Gasteiger partial charge in [-0.05, 0) is 89.9 Å². The first-order valence-electron chi connectivity index (χ1n) is 20.9. The first-order valence-corrected chi connectivity index (χ1v) is 22.4. The number of nitrogens with two attached hydrogens (primary N) is 1. The number of unbranched alkanes of at least 4 members (excludes halogenated alkanes) is 5. The van der Waals surface area contributed by atoms with Crippen LogP contribution < -0.4 is 5.73 Å². The summed E-state index contributed by atoms with van der Waals surface area (Å²) in [4.78, 5) is 45.9. The van der Waals surface area contributed by atoms with E-state index in [1.54, 1.807) is 0 Å². The van der Waals surface area contributed by atoms with E-state index in [2.05, 4.69) is 116 Å². The van der Waals surface area contributed by atoms with Crippen molar-refractivity contribution in [3.63, 3.8) is 0 Å². The van der Waals surface area contributed by atoms with Crippen molar-refractivity contribution in [1.82, 2.24) is 0 Å². The van der Waals surface area contributed by atoms with Crippen LogP contribution in [-0.2, 0) is 37.5 Å². The summed E-state index contributed by atoms with van der Waals surface area (Å²) in [6.45, 7) is 2.50. The predicted molar refractivity (Wildman–Crippen MR) is 235 cm³/mol. The number of carbonyl (C=O) groups excluding carboxylic acids is 2. The van der Waals surface area contributed by atoms with Crippen LogP contribution in [0.25, 0.3) is 0 Å². The number of phosphoric acid groups is 1. The highest BCUT2D eigenvalue weighted by Crippen LogP contribution is 2.43. The minimum atomic E-state index is -4.75. The highest BCUT2D eigenvalue weighted by atomic mass is 31.2. The van der Waals surface area contributed by atoms with Gasteiger partial charge in [0.25, 0.3) is 0 Å². The third kappa shape index (κ3) is 39.0. The summed E-state index contributed by atoms with van der Waals surface area (Å²) in [7, 11) is -4.75. The molecule has 0 bridgehead atoms. The highest BCUT2D eigenvalue weighted by molar-refractivity contribution is 7.47. The van der Waals surface area contributed by atoms with Crippen LogP contribution in [0, 0.1) is 0 Å². The molecule has 11 nitrogen and oxygen atoms in total. The lowest BCUT2D eigenvalue weighted by Gasteiger charge is -2.20. The van der Waals surface area contributed by atoms with Crippen LogP contribution in [0.1, 0.15) is 129 Å². The first kappa shape index (κ1) is 54.1. The van der Waals surface area contributed by atoms with Crippen molar-refractivity contribution in [2.24, 2.45) is 5.73 Å². The fourth-order valence-corrected chi connectivity index (χ4v) is 5.51. The third-order valence-corrected chi connectivity index (χ3v) is 8.94. The molecule has 0 aromatic rings. The van der Waals surface area contributed by atoms with E-state index < -0.39 is 57.7 Å². The molecule has 326 valence electrons. The summed E-state index contributed by atoms with van der Waals surface area (Å²) in [5, 5.41) is 8.88. The van der Waals surface area contributed by atoms with E-state index in [0.29, 0.717) is 19.3 Å². The number of rotatable bonds is 37. The van der Waals surface area contributed by atoms with Crippen molar-refractivity contribution in [1.29, 1.82) is 0 Å². The van der Waals surface area contributed by atoms with Crippen molar-refractivity contribution >= 4 is 25.7 Å². The van der Waals surface area contributed by atoms with Crippen LogP contribution in [0.4, 0.5) is 0 Å². The van der Waals surface area contributed by atoms with E-state index in [9.17, 15) is 23.8 Å². The molecule has 0 fully saturated rings. The second kappa shape index (κ2) is 39.9. The van der Waals surface area contributed by atoms with Crippen molar-refractivity contribution in [2.45, 2.75) is 142 Å². The standard InChI is InChI=1S/C46H72NO10P/c1-3-5-7-9-11-13-15-17-19-21-23-25-27-29-31-33-35-37-44(48)54-39-42(40-55-58(52,53)56-41-43(47)46(50)51)57-45(49)38-36-34-32-30-28-26-24-22-20-18-16-14-12-10-8-6-4-2/h6-9,12-15,18-21,24-27,30,32,42-43H,3-5,10-11,16-17,22-23,28-29,31,33-41,47H2,1-2H3,(H,50,51)(H,52,53)/b8-6+,9-7+,14-12+,15-13+,20-18+,21-19+,26-24+,27-25+,32-30+/t42-,43+/m1/s1. The molecular weight excluding hydrogens is 757 g/mol. The number of allylic oxidation sites excluding steroid dienone is 18. The average Bonchev–Trinajstić information content (AvgIpc) is 3.20. The monoisotopic (exact) mass is 829 g/mol. The molecule has 0 heterocycles. The Morgan fingerprint density at radius 1 is 0.552 bits per heavy atom. The molecule has 12 heteroatoms. The van der Waals surface area contributed by atoms with Gasteiger partial charge in [0, 0.05) is 12.8 Å². The topological polar surface area (TPSA) is 172 Å². The van der Waals surface area contributed by atoms with Gasteiger partial charge in [0.2, 0.25) is 0 Å². The Morgan fingerprint density at radius 2 is 0.983 bits per heavy atom. The zero-order valence-corrected chi connectivity index (χ0v) is 36.0. The van der Waals surface area contributed by atoms with Gasteiger partial charge in [-0.3, -0.25) is 23.4 Å². The smallest absolute Gasteiger partial charge is 0.472 e. The average molecular weight is 830 g/mol. The van der Waals surface area contributed by atoms with Crippen molar-refractivity contribution in [3.8, 4) is 0 Å².